The normalized spacial score (nSPS) is 35.8. The fourth-order valence-corrected chi connectivity index (χ4v) is 4.53. The van der Waals surface area contributed by atoms with Crippen LogP contribution in [-0.4, -0.2) is 72.1 Å². The van der Waals surface area contributed by atoms with E-state index in [2.05, 4.69) is 10.6 Å². The molecular formula is C16H20N4O5. The lowest BCUT2D eigenvalue weighted by Crippen LogP contribution is -2.54. The second-order valence-corrected chi connectivity index (χ2v) is 6.79. The molecule has 0 aromatic heterocycles. The molecule has 0 aromatic carbocycles. The molecule has 2 saturated heterocycles. The summed E-state index contributed by atoms with van der Waals surface area (Å²) in [4.78, 5) is 38.9. The third kappa shape index (κ3) is 1.85. The van der Waals surface area contributed by atoms with Gasteiger partial charge in [-0.3, -0.25) is 14.4 Å². The van der Waals surface area contributed by atoms with Crippen LogP contribution in [0.4, 0.5) is 0 Å². The Kier molecular flexibility index (Phi) is 3.34. The number of carbonyl (C=O) groups is 3. The highest BCUT2D eigenvalue weighted by Gasteiger charge is 2.72. The predicted molar refractivity (Wildman–Crippen MR) is 84.7 cm³/mol. The maximum Gasteiger partial charge on any atom is 0.236 e. The minimum atomic E-state index is -0.936. The maximum absolute atomic E-state index is 13.1. The number of nitrogens with two attached hydrogens (primary N) is 1. The molecule has 2 fully saturated rings. The van der Waals surface area contributed by atoms with Crippen molar-refractivity contribution in [2.24, 2.45) is 11.7 Å². The number of piperazine rings is 1. The molecule has 9 heteroatoms. The van der Waals surface area contributed by atoms with Crippen LogP contribution in [0.3, 0.4) is 0 Å². The van der Waals surface area contributed by atoms with Gasteiger partial charge in [0, 0.05) is 30.8 Å². The van der Waals surface area contributed by atoms with Crippen molar-refractivity contribution in [3.63, 3.8) is 0 Å². The Morgan fingerprint density at radius 3 is 2.80 bits per heavy atom. The van der Waals surface area contributed by atoms with Crippen LogP contribution in [0, 0.1) is 5.92 Å². The molecule has 0 spiro atoms. The van der Waals surface area contributed by atoms with Gasteiger partial charge in [-0.15, -0.1) is 0 Å². The number of Topliss-reactive ketones (excluding diaryl/α,β-unsaturated/α-hetero) is 2. The van der Waals surface area contributed by atoms with Gasteiger partial charge in [0.25, 0.3) is 0 Å². The average molecular weight is 348 g/mol. The predicted octanol–water partition coefficient (Wildman–Crippen LogP) is -2.64. The van der Waals surface area contributed by atoms with E-state index in [1.807, 2.05) is 4.90 Å². The van der Waals surface area contributed by atoms with Gasteiger partial charge in [-0.1, -0.05) is 0 Å². The van der Waals surface area contributed by atoms with Crippen LogP contribution < -0.4 is 16.4 Å². The van der Waals surface area contributed by atoms with Gasteiger partial charge in [0.15, 0.2) is 5.72 Å². The number of nitrogens with zero attached hydrogens (tertiary/aromatic N) is 1. The van der Waals surface area contributed by atoms with E-state index >= 15 is 0 Å². The second-order valence-electron chi connectivity index (χ2n) is 6.79. The number of allylic oxidation sites excluding steroid dienone is 2. The van der Waals surface area contributed by atoms with E-state index in [9.17, 15) is 19.5 Å². The van der Waals surface area contributed by atoms with Crippen LogP contribution in [0.5, 0.6) is 0 Å². The van der Waals surface area contributed by atoms with Crippen molar-refractivity contribution in [2.45, 2.75) is 24.7 Å². The topological polar surface area (TPSA) is 144 Å². The van der Waals surface area contributed by atoms with Crippen LogP contribution in [0.25, 0.3) is 0 Å². The molecule has 4 aliphatic rings. The van der Waals surface area contributed by atoms with Crippen molar-refractivity contribution in [2.75, 3.05) is 26.8 Å². The van der Waals surface area contributed by atoms with Crippen molar-refractivity contribution in [1.29, 1.82) is 0 Å². The van der Waals surface area contributed by atoms with Crippen molar-refractivity contribution < 1.29 is 24.2 Å². The van der Waals surface area contributed by atoms with E-state index in [1.165, 1.54) is 7.11 Å². The number of aliphatic hydroxyl groups excluding tert-OH is 1. The number of amides is 1. The van der Waals surface area contributed by atoms with Crippen molar-refractivity contribution in [1.82, 2.24) is 15.5 Å². The molecule has 1 aliphatic carbocycles. The highest BCUT2D eigenvalue weighted by Crippen LogP contribution is 2.55. The van der Waals surface area contributed by atoms with Crippen molar-refractivity contribution in [3.05, 3.63) is 22.5 Å². The van der Waals surface area contributed by atoms with E-state index in [0.29, 0.717) is 12.2 Å². The molecule has 4 unspecified atom stereocenters. The summed E-state index contributed by atoms with van der Waals surface area (Å²) < 4.78 is 5.78. The number of aliphatic hydroxyl groups is 1. The fraction of sp³-hybridized carbons (Fsp3) is 0.562. The van der Waals surface area contributed by atoms with Gasteiger partial charge in [-0.05, 0) is 6.92 Å². The highest BCUT2D eigenvalue weighted by atomic mass is 16.5. The lowest BCUT2D eigenvalue weighted by molar-refractivity contribution is -0.137. The Morgan fingerprint density at radius 1 is 1.48 bits per heavy atom. The smallest absolute Gasteiger partial charge is 0.236 e. The number of primary amides is 1. The van der Waals surface area contributed by atoms with Crippen molar-refractivity contribution in [3.8, 4) is 0 Å². The number of hydrogen-bond donors (Lipinski definition) is 4. The van der Waals surface area contributed by atoms with Gasteiger partial charge in [0.05, 0.1) is 36.5 Å². The van der Waals surface area contributed by atoms with Crippen molar-refractivity contribution >= 4 is 17.5 Å². The van der Waals surface area contributed by atoms with Crippen LogP contribution in [0.1, 0.15) is 6.92 Å². The zero-order valence-corrected chi connectivity index (χ0v) is 14.0. The summed E-state index contributed by atoms with van der Waals surface area (Å²) in [6.07, 6.45) is 0. The van der Waals surface area contributed by atoms with Gasteiger partial charge in [0.2, 0.25) is 17.5 Å². The largest absolute Gasteiger partial charge is 0.396 e. The monoisotopic (exact) mass is 348 g/mol. The number of carbonyl (C=O) groups excluding carboxylic acids is 3. The third-order valence-corrected chi connectivity index (χ3v) is 5.66. The second kappa shape index (κ2) is 5.13. The highest BCUT2D eigenvalue weighted by molar-refractivity contribution is 6.25. The summed E-state index contributed by atoms with van der Waals surface area (Å²) in [5.41, 5.74) is 5.05. The van der Waals surface area contributed by atoms with E-state index in [4.69, 9.17) is 10.5 Å². The Balaban J connectivity index is 1.78. The number of ether oxygens (including phenoxy) is 1. The summed E-state index contributed by atoms with van der Waals surface area (Å²) in [6.45, 7) is 1.52. The molecule has 5 N–H and O–H groups in total. The number of methoxy groups -OCH3 is 1. The molecular weight excluding hydrogens is 328 g/mol. The SMILES string of the molecule is COC12C(CO)C3=C(C(=O)C(C)=C(NCC(N)=O)C3=O)N1CC1NC12. The third-order valence-electron chi connectivity index (χ3n) is 5.66. The van der Waals surface area contributed by atoms with E-state index in [-0.39, 0.29) is 47.9 Å². The molecule has 0 aromatic rings. The van der Waals surface area contributed by atoms with E-state index in [1.54, 1.807) is 6.92 Å². The molecule has 1 amide bonds. The van der Waals surface area contributed by atoms with Gasteiger partial charge >= 0.3 is 0 Å². The minimum Gasteiger partial charge on any atom is -0.396 e. The average Bonchev–Trinajstić information content (AvgIpc) is 3.18. The lowest BCUT2D eigenvalue weighted by atomic mass is 9.82. The number of ketones is 2. The summed E-state index contributed by atoms with van der Waals surface area (Å²) >= 11 is 0. The first-order valence-corrected chi connectivity index (χ1v) is 8.14. The summed E-state index contributed by atoms with van der Waals surface area (Å²) in [5.74, 6) is -1.97. The summed E-state index contributed by atoms with van der Waals surface area (Å²) in [6, 6.07) is 0.146. The minimum absolute atomic E-state index is 0.0387. The Labute approximate surface area is 143 Å². The summed E-state index contributed by atoms with van der Waals surface area (Å²) in [5, 5.41) is 16.0. The maximum atomic E-state index is 13.1. The Bertz CT molecular complexity index is 772. The molecule has 0 saturated carbocycles. The molecule has 9 nitrogen and oxygen atoms in total. The number of rotatable bonds is 5. The van der Waals surface area contributed by atoms with Crippen LogP contribution in [0.15, 0.2) is 22.5 Å². The van der Waals surface area contributed by atoms with E-state index < -0.39 is 23.3 Å². The zero-order valence-electron chi connectivity index (χ0n) is 14.0. The number of fused-ring (bicyclic) bond motifs is 4. The molecule has 3 aliphatic heterocycles. The van der Waals surface area contributed by atoms with Crippen LogP contribution in [-0.2, 0) is 19.1 Å². The first kappa shape index (κ1) is 16.2. The summed E-state index contributed by atoms with van der Waals surface area (Å²) in [7, 11) is 1.53. The Hall–Kier alpha value is -2.23. The number of hydrogen-bond acceptors (Lipinski definition) is 8. The molecule has 134 valence electrons. The lowest BCUT2D eigenvalue weighted by Gasteiger charge is -2.39. The number of nitrogens with one attached hydrogen (secondary N) is 2. The van der Waals surface area contributed by atoms with Crippen LogP contribution in [0.2, 0.25) is 0 Å². The molecule has 25 heavy (non-hydrogen) atoms. The molecule has 4 rings (SSSR count). The first-order chi connectivity index (χ1) is 11.9. The quantitative estimate of drug-likeness (QED) is 0.312. The van der Waals surface area contributed by atoms with Crippen LogP contribution >= 0.6 is 0 Å². The fourth-order valence-electron chi connectivity index (χ4n) is 4.53. The molecule has 0 bridgehead atoms. The standard InChI is InChI=1S/C16H20N4O5/c1-6-11(18-3-9(17)22)14(24)10-7(5-21)16(25-2)15-8(19-15)4-20(16)12(10)13(6)23/h7-8,15,18-19,21H,3-5H2,1-2H3,(H2,17,22). The first-order valence-electron chi connectivity index (χ1n) is 8.14. The molecule has 4 atom stereocenters. The van der Waals surface area contributed by atoms with Gasteiger partial charge in [-0.25, -0.2) is 0 Å². The van der Waals surface area contributed by atoms with Gasteiger partial charge in [-0.2, -0.15) is 0 Å². The van der Waals surface area contributed by atoms with Gasteiger partial charge < -0.3 is 31.1 Å². The van der Waals surface area contributed by atoms with E-state index in [0.717, 1.165) is 0 Å². The Morgan fingerprint density at radius 2 is 2.20 bits per heavy atom. The molecule has 0 radical (unpaired) electrons. The zero-order chi connectivity index (χ0) is 18.1. The molecule has 3 heterocycles. The van der Waals surface area contributed by atoms with Gasteiger partial charge in [0.1, 0.15) is 0 Å².